The minimum Gasteiger partial charge on any atom is -0.488 e. The first-order valence-electron chi connectivity index (χ1n) is 10.6. The van der Waals surface area contributed by atoms with Gasteiger partial charge in [0, 0.05) is 58.2 Å². The van der Waals surface area contributed by atoms with E-state index in [0.717, 1.165) is 62.9 Å². The van der Waals surface area contributed by atoms with Crippen molar-refractivity contribution in [2.75, 3.05) is 46.6 Å². The number of hydrogen-bond acceptors (Lipinski definition) is 5. The molecule has 1 unspecified atom stereocenters. The maximum absolute atomic E-state index is 6.20. The van der Waals surface area contributed by atoms with Crippen LogP contribution in [-0.4, -0.2) is 64.3 Å². The Balaban J connectivity index is 1.66. The van der Waals surface area contributed by atoms with Gasteiger partial charge in [0.15, 0.2) is 5.96 Å². The Morgan fingerprint density at radius 1 is 1.21 bits per heavy atom. The van der Waals surface area contributed by atoms with Gasteiger partial charge in [-0.15, -0.1) is 0 Å². The molecule has 0 radical (unpaired) electrons. The molecule has 1 aromatic carbocycles. The van der Waals surface area contributed by atoms with Crippen LogP contribution in [0.15, 0.2) is 23.2 Å². The van der Waals surface area contributed by atoms with Gasteiger partial charge in [0.05, 0.1) is 25.4 Å². The number of guanidine groups is 1. The van der Waals surface area contributed by atoms with Crippen LogP contribution in [0.25, 0.3) is 0 Å². The van der Waals surface area contributed by atoms with Crippen molar-refractivity contribution in [2.24, 2.45) is 4.99 Å². The van der Waals surface area contributed by atoms with Crippen molar-refractivity contribution >= 4 is 5.96 Å². The van der Waals surface area contributed by atoms with Gasteiger partial charge in [-0.05, 0) is 25.5 Å². The molecule has 1 atom stereocenters. The van der Waals surface area contributed by atoms with Gasteiger partial charge in [-0.1, -0.05) is 12.1 Å². The zero-order valence-corrected chi connectivity index (χ0v) is 18.0. The SMILES string of the molecule is CCNC(=NCc1ccc(C)cc1OC1CCOC1)NCC1(OC)CCOCC1. The lowest BCUT2D eigenvalue weighted by molar-refractivity contribution is -0.0855. The summed E-state index contributed by atoms with van der Waals surface area (Å²) in [5, 5.41) is 6.78. The van der Waals surface area contributed by atoms with Crippen molar-refractivity contribution in [1.29, 1.82) is 0 Å². The van der Waals surface area contributed by atoms with Crippen LogP contribution in [0.1, 0.15) is 37.3 Å². The number of methoxy groups -OCH3 is 1. The molecular formula is C22H35N3O4. The number of nitrogens with zero attached hydrogens (tertiary/aromatic N) is 1. The number of hydrogen-bond donors (Lipinski definition) is 2. The van der Waals surface area contributed by atoms with Crippen molar-refractivity contribution in [3.63, 3.8) is 0 Å². The minimum absolute atomic E-state index is 0.126. The Kier molecular flexibility index (Phi) is 8.15. The number of ether oxygens (including phenoxy) is 4. The number of aryl methyl sites for hydroxylation is 1. The van der Waals surface area contributed by atoms with Gasteiger partial charge in [0.2, 0.25) is 0 Å². The van der Waals surface area contributed by atoms with Gasteiger partial charge in [0.25, 0.3) is 0 Å². The number of aliphatic imine (C=N–C) groups is 1. The van der Waals surface area contributed by atoms with E-state index in [4.69, 9.17) is 23.9 Å². The van der Waals surface area contributed by atoms with Gasteiger partial charge in [-0.2, -0.15) is 0 Å². The number of nitrogens with one attached hydrogen (secondary N) is 2. The third-order valence-electron chi connectivity index (χ3n) is 5.57. The summed E-state index contributed by atoms with van der Waals surface area (Å²) in [5.41, 5.74) is 2.06. The van der Waals surface area contributed by atoms with Crippen molar-refractivity contribution in [3.05, 3.63) is 29.3 Å². The predicted molar refractivity (Wildman–Crippen MR) is 114 cm³/mol. The Labute approximate surface area is 174 Å². The normalized spacial score (nSPS) is 21.8. The highest BCUT2D eigenvalue weighted by molar-refractivity contribution is 5.79. The summed E-state index contributed by atoms with van der Waals surface area (Å²) in [6, 6.07) is 6.29. The highest BCUT2D eigenvalue weighted by Crippen LogP contribution is 2.25. The van der Waals surface area contributed by atoms with E-state index in [1.54, 1.807) is 7.11 Å². The van der Waals surface area contributed by atoms with Crippen LogP contribution in [-0.2, 0) is 20.8 Å². The van der Waals surface area contributed by atoms with Crippen LogP contribution in [0, 0.1) is 6.92 Å². The van der Waals surface area contributed by atoms with Gasteiger partial charge >= 0.3 is 0 Å². The van der Waals surface area contributed by atoms with E-state index >= 15 is 0 Å². The summed E-state index contributed by atoms with van der Waals surface area (Å²) in [6.45, 7) is 9.08. The third-order valence-corrected chi connectivity index (χ3v) is 5.57. The molecular weight excluding hydrogens is 370 g/mol. The summed E-state index contributed by atoms with van der Waals surface area (Å²) in [6.07, 6.45) is 2.83. The van der Waals surface area contributed by atoms with E-state index in [1.807, 2.05) is 0 Å². The molecule has 1 aromatic rings. The van der Waals surface area contributed by atoms with E-state index in [-0.39, 0.29) is 11.7 Å². The van der Waals surface area contributed by atoms with Crippen molar-refractivity contribution in [2.45, 2.75) is 51.4 Å². The van der Waals surface area contributed by atoms with E-state index in [9.17, 15) is 0 Å². The van der Waals surface area contributed by atoms with Gasteiger partial charge in [-0.3, -0.25) is 0 Å². The maximum Gasteiger partial charge on any atom is 0.191 e. The second-order valence-corrected chi connectivity index (χ2v) is 7.76. The fraction of sp³-hybridized carbons (Fsp3) is 0.682. The maximum atomic E-state index is 6.20. The monoisotopic (exact) mass is 405 g/mol. The smallest absolute Gasteiger partial charge is 0.191 e. The summed E-state index contributed by atoms with van der Waals surface area (Å²) in [7, 11) is 1.78. The van der Waals surface area contributed by atoms with Crippen molar-refractivity contribution in [1.82, 2.24) is 10.6 Å². The summed E-state index contributed by atoms with van der Waals surface area (Å²) < 4.78 is 23.0. The van der Waals surface area contributed by atoms with Gasteiger partial charge < -0.3 is 29.6 Å². The van der Waals surface area contributed by atoms with E-state index < -0.39 is 0 Å². The predicted octanol–water partition coefficient (Wildman–Crippen LogP) is 2.41. The molecule has 0 aromatic heterocycles. The molecule has 7 heteroatoms. The van der Waals surface area contributed by atoms with Crippen LogP contribution in [0.3, 0.4) is 0 Å². The molecule has 2 N–H and O–H groups in total. The van der Waals surface area contributed by atoms with Crippen molar-refractivity contribution < 1.29 is 18.9 Å². The van der Waals surface area contributed by atoms with Gasteiger partial charge in [-0.25, -0.2) is 4.99 Å². The molecule has 162 valence electrons. The van der Waals surface area contributed by atoms with E-state index in [2.05, 4.69) is 42.7 Å². The zero-order chi connectivity index (χ0) is 20.5. The summed E-state index contributed by atoms with van der Waals surface area (Å²) in [4.78, 5) is 4.79. The summed E-state index contributed by atoms with van der Waals surface area (Å²) >= 11 is 0. The topological polar surface area (TPSA) is 73.3 Å². The molecule has 2 saturated heterocycles. The molecule has 0 bridgehead atoms. The first-order valence-corrected chi connectivity index (χ1v) is 10.6. The lowest BCUT2D eigenvalue weighted by atomic mass is 9.94. The molecule has 0 amide bonds. The standard InChI is InChI=1S/C22H35N3O4/c1-4-23-21(25-16-22(26-3)8-11-27-12-9-22)24-14-18-6-5-17(2)13-20(18)29-19-7-10-28-15-19/h5-6,13,19H,4,7-12,14-16H2,1-3H3,(H2,23,24,25). The highest BCUT2D eigenvalue weighted by atomic mass is 16.5. The average molecular weight is 406 g/mol. The van der Waals surface area contributed by atoms with E-state index in [0.29, 0.717) is 19.7 Å². The summed E-state index contributed by atoms with van der Waals surface area (Å²) in [5.74, 6) is 1.68. The fourth-order valence-corrected chi connectivity index (χ4v) is 3.63. The molecule has 2 aliphatic rings. The lowest BCUT2D eigenvalue weighted by Gasteiger charge is -2.36. The average Bonchev–Trinajstić information content (AvgIpc) is 3.25. The fourth-order valence-electron chi connectivity index (χ4n) is 3.63. The molecule has 0 saturated carbocycles. The quantitative estimate of drug-likeness (QED) is 0.511. The minimum atomic E-state index is -0.199. The largest absolute Gasteiger partial charge is 0.488 e. The van der Waals surface area contributed by atoms with Crippen LogP contribution in [0.5, 0.6) is 5.75 Å². The second-order valence-electron chi connectivity index (χ2n) is 7.76. The van der Waals surface area contributed by atoms with Crippen LogP contribution >= 0.6 is 0 Å². The Morgan fingerprint density at radius 2 is 2.03 bits per heavy atom. The molecule has 2 aliphatic heterocycles. The molecule has 7 nitrogen and oxygen atoms in total. The first-order chi connectivity index (χ1) is 14.1. The second kappa shape index (κ2) is 10.8. The zero-order valence-electron chi connectivity index (χ0n) is 18.0. The highest BCUT2D eigenvalue weighted by Gasteiger charge is 2.32. The van der Waals surface area contributed by atoms with Crippen LogP contribution in [0.2, 0.25) is 0 Å². The Hall–Kier alpha value is -1.83. The molecule has 0 aliphatic carbocycles. The lowest BCUT2D eigenvalue weighted by Crippen LogP contribution is -2.50. The van der Waals surface area contributed by atoms with Crippen LogP contribution < -0.4 is 15.4 Å². The number of benzene rings is 1. The van der Waals surface area contributed by atoms with Gasteiger partial charge in [0.1, 0.15) is 11.9 Å². The molecule has 3 rings (SSSR count). The van der Waals surface area contributed by atoms with Crippen LogP contribution in [0.4, 0.5) is 0 Å². The Morgan fingerprint density at radius 3 is 2.72 bits per heavy atom. The molecule has 0 spiro atoms. The molecule has 2 heterocycles. The first kappa shape index (κ1) is 21.9. The molecule has 2 fully saturated rings. The Bertz CT molecular complexity index is 668. The number of rotatable bonds is 8. The van der Waals surface area contributed by atoms with Crippen molar-refractivity contribution in [3.8, 4) is 5.75 Å². The molecule has 29 heavy (non-hydrogen) atoms. The third kappa shape index (κ3) is 6.32. The van der Waals surface area contributed by atoms with E-state index in [1.165, 1.54) is 5.56 Å².